The van der Waals surface area contributed by atoms with Crippen molar-refractivity contribution in [2.24, 2.45) is 29.6 Å². The van der Waals surface area contributed by atoms with Crippen LogP contribution < -0.4 is 0 Å². The summed E-state index contributed by atoms with van der Waals surface area (Å²) in [4.78, 5) is 78.3. The molecule has 1 saturated carbocycles. The number of fused-ring (bicyclic) bond motifs is 4. The largest absolute Gasteiger partial charge is 0.508 e. The predicted octanol–water partition coefficient (Wildman–Crippen LogP) is 2.41. The quantitative estimate of drug-likeness (QED) is 0.297. The number of imide groups is 2. The van der Waals surface area contributed by atoms with Gasteiger partial charge in [-0.25, -0.2) is 0 Å². The van der Waals surface area contributed by atoms with Crippen molar-refractivity contribution < 1.29 is 44.1 Å². The van der Waals surface area contributed by atoms with E-state index in [1.807, 2.05) is 6.08 Å². The molecule has 6 unspecified atom stereocenters. The van der Waals surface area contributed by atoms with E-state index < -0.39 is 65.2 Å². The van der Waals surface area contributed by atoms with Crippen LogP contribution in [0.3, 0.4) is 0 Å². The van der Waals surface area contributed by atoms with E-state index in [1.54, 1.807) is 6.07 Å². The molecule has 2 aliphatic heterocycles. The zero-order valence-corrected chi connectivity index (χ0v) is 22.2. The van der Waals surface area contributed by atoms with Crippen LogP contribution in [0, 0.1) is 29.6 Å². The number of aromatic hydroxyl groups is 1. The van der Waals surface area contributed by atoms with Crippen molar-refractivity contribution in [2.45, 2.75) is 44.4 Å². The zero-order chi connectivity index (χ0) is 28.9. The number of allylic oxidation sites excluding steroid dienone is 2. The number of amides is 4. The average Bonchev–Trinajstić information content (AvgIpc) is 3.27. The molecule has 0 radical (unpaired) electrons. The molecule has 2 heterocycles. The molecule has 3 N–H and O–H groups in total. The molecule has 0 bridgehead atoms. The number of carboxylic acid groups (broad SMARTS) is 2. The number of hydrogen-bond donors (Lipinski definition) is 3. The molecule has 0 aromatic heterocycles. The fourth-order valence-electron chi connectivity index (χ4n) is 7.05. The van der Waals surface area contributed by atoms with Gasteiger partial charge in [-0.1, -0.05) is 29.3 Å². The lowest BCUT2D eigenvalue weighted by Gasteiger charge is -2.44. The van der Waals surface area contributed by atoms with Crippen LogP contribution in [0.4, 0.5) is 0 Å². The average molecular weight is 573 g/mol. The number of nitrogens with zero attached hydrogens (tertiary/aromatic N) is 2. The number of carbonyl (C=O) groups is 6. The Morgan fingerprint density at radius 3 is 1.98 bits per heavy atom. The van der Waals surface area contributed by atoms with Gasteiger partial charge in [0, 0.05) is 36.9 Å². The molecule has 212 valence electrons. The van der Waals surface area contributed by atoms with Crippen molar-refractivity contribution in [3.8, 4) is 5.75 Å². The molecular weight excluding hydrogens is 544 g/mol. The van der Waals surface area contributed by atoms with Crippen molar-refractivity contribution in [3.05, 3.63) is 40.4 Å². The Bertz CT molecular complexity index is 1340. The lowest BCUT2D eigenvalue weighted by atomic mass is 9.57. The summed E-state index contributed by atoms with van der Waals surface area (Å²) in [6.45, 7) is -0.0510. The molecule has 40 heavy (non-hydrogen) atoms. The van der Waals surface area contributed by atoms with Crippen LogP contribution >= 0.6 is 11.6 Å². The van der Waals surface area contributed by atoms with Gasteiger partial charge in [0.2, 0.25) is 23.6 Å². The number of benzene rings is 1. The minimum atomic E-state index is -1.04. The summed E-state index contributed by atoms with van der Waals surface area (Å²) in [5.74, 6) is -7.97. The molecule has 4 aliphatic rings. The number of carboxylic acids is 2. The summed E-state index contributed by atoms with van der Waals surface area (Å²) in [6.07, 6.45) is 2.14. The maximum atomic E-state index is 13.7. The Morgan fingerprint density at radius 2 is 1.40 bits per heavy atom. The van der Waals surface area contributed by atoms with E-state index in [2.05, 4.69) is 0 Å². The minimum Gasteiger partial charge on any atom is -0.508 e. The first-order valence-corrected chi connectivity index (χ1v) is 13.7. The van der Waals surface area contributed by atoms with Crippen LogP contribution in [0.5, 0.6) is 5.75 Å². The SMILES string of the molecule is O=C(O)CCCN1C(=O)C2CC=C3C(CC4C(=O)N(CCCC(=O)O)C(=O)C4C3c3ccc(O)cc3Cl)C2C1=O. The Labute approximate surface area is 234 Å². The van der Waals surface area contributed by atoms with E-state index in [4.69, 9.17) is 21.8 Å². The number of halogens is 1. The van der Waals surface area contributed by atoms with Crippen LogP contribution in [0.1, 0.15) is 50.0 Å². The van der Waals surface area contributed by atoms with Gasteiger partial charge in [0.1, 0.15) is 5.75 Å². The van der Waals surface area contributed by atoms with Gasteiger partial charge in [0.05, 0.1) is 23.7 Å². The molecule has 0 spiro atoms. The van der Waals surface area contributed by atoms with Gasteiger partial charge in [-0.2, -0.15) is 0 Å². The summed E-state index contributed by atoms with van der Waals surface area (Å²) < 4.78 is 0. The summed E-state index contributed by atoms with van der Waals surface area (Å²) in [5, 5.41) is 28.1. The fraction of sp³-hybridized carbons (Fsp3) is 0.500. The van der Waals surface area contributed by atoms with E-state index in [0.29, 0.717) is 5.56 Å². The number of aliphatic carboxylic acids is 2. The van der Waals surface area contributed by atoms with Gasteiger partial charge >= 0.3 is 11.9 Å². The Morgan fingerprint density at radius 1 is 0.825 bits per heavy atom. The van der Waals surface area contributed by atoms with Gasteiger partial charge < -0.3 is 15.3 Å². The van der Waals surface area contributed by atoms with E-state index in [0.717, 1.165) is 15.4 Å². The second-order valence-corrected chi connectivity index (χ2v) is 11.3. The normalized spacial score (nSPS) is 29.3. The molecule has 4 amide bonds. The Kier molecular flexibility index (Phi) is 7.43. The third kappa shape index (κ3) is 4.66. The van der Waals surface area contributed by atoms with Gasteiger partial charge in [-0.3, -0.25) is 38.6 Å². The van der Waals surface area contributed by atoms with E-state index >= 15 is 0 Å². The molecule has 12 heteroatoms. The van der Waals surface area contributed by atoms with E-state index in [-0.39, 0.29) is 68.3 Å². The van der Waals surface area contributed by atoms with Crippen LogP contribution in [0.2, 0.25) is 5.02 Å². The third-order valence-corrected chi connectivity index (χ3v) is 9.02. The fourth-order valence-corrected chi connectivity index (χ4v) is 7.35. The lowest BCUT2D eigenvalue weighted by molar-refractivity contribution is -0.143. The Balaban J connectivity index is 1.52. The van der Waals surface area contributed by atoms with Gasteiger partial charge in [-0.05, 0) is 49.3 Å². The summed E-state index contributed by atoms with van der Waals surface area (Å²) in [5.41, 5.74) is 1.27. The van der Waals surface area contributed by atoms with Crippen LogP contribution in [-0.2, 0) is 28.8 Å². The highest BCUT2D eigenvalue weighted by Gasteiger charge is 2.61. The van der Waals surface area contributed by atoms with Crippen LogP contribution in [-0.4, -0.2) is 73.8 Å². The predicted molar refractivity (Wildman–Crippen MR) is 138 cm³/mol. The standard InChI is InChI=1S/C28H29ClN2O9/c29-19-11-13(32)5-6-15(19)22-14-7-8-16-23(27(39)30(25(16)37)9-1-3-20(33)34)17(14)12-18-24(22)28(40)31(26(18)38)10-2-4-21(35)36/h5-7,11,16-18,22-24,32H,1-4,8-10,12H2,(H,33,34)(H,35,36). The number of phenolic OH excluding ortho intramolecular Hbond substituents is 1. The second kappa shape index (κ2) is 10.7. The zero-order valence-electron chi connectivity index (χ0n) is 21.5. The van der Waals surface area contributed by atoms with Gasteiger partial charge in [0.15, 0.2) is 0 Å². The van der Waals surface area contributed by atoms with Crippen molar-refractivity contribution in [2.75, 3.05) is 13.1 Å². The monoisotopic (exact) mass is 572 g/mol. The van der Waals surface area contributed by atoms with Crippen molar-refractivity contribution in [3.63, 3.8) is 0 Å². The van der Waals surface area contributed by atoms with Crippen molar-refractivity contribution in [1.29, 1.82) is 0 Å². The van der Waals surface area contributed by atoms with Crippen molar-refractivity contribution in [1.82, 2.24) is 9.80 Å². The molecule has 2 aliphatic carbocycles. The smallest absolute Gasteiger partial charge is 0.303 e. The first-order chi connectivity index (χ1) is 19.0. The first-order valence-electron chi connectivity index (χ1n) is 13.3. The molecule has 3 fully saturated rings. The maximum Gasteiger partial charge on any atom is 0.303 e. The molecule has 1 aromatic rings. The lowest BCUT2D eigenvalue weighted by Crippen LogP contribution is -2.43. The molecule has 1 aromatic carbocycles. The van der Waals surface area contributed by atoms with Crippen LogP contribution in [0.25, 0.3) is 0 Å². The molecule has 5 rings (SSSR count). The maximum absolute atomic E-state index is 13.7. The molecule has 2 saturated heterocycles. The first kappa shape index (κ1) is 27.8. The highest BCUT2D eigenvalue weighted by molar-refractivity contribution is 6.31. The highest BCUT2D eigenvalue weighted by Crippen LogP contribution is 2.58. The number of rotatable bonds is 9. The molecule has 6 atom stereocenters. The Hall–Kier alpha value is -3.73. The van der Waals surface area contributed by atoms with E-state index in [1.165, 1.54) is 12.1 Å². The molecule has 11 nitrogen and oxygen atoms in total. The number of hydrogen-bond acceptors (Lipinski definition) is 7. The number of likely N-dealkylation sites (tertiary alicyclic amines) is 2. The summed E-state index contributed by atoms with van der Waals surface area (Å²) in [6, 6.07) is 4.38. The number of carbonyl (C=O) groups excluding carboxylic acids is 4. The van der Waals surface area contributed by atoms with E-state index in [9.17, 15) is 33.9 Å². The van der Waals surface area contributed by atoms with Crippen molar-refractivity contribution >= 4 is 47.2 Å². The minimum absolute atomic E-state index is 0.00688. The molecular formula is C28H29ClN2O9. The number of phenols is 1. The van der Waals surface area contributed by atoms with Crippen LogP contribution in [0.15, 0.2) is 29.8 Å². The summed E-state index contributed by atoms with van der Waals surface area (Å²) in [7, 11) is 0. The van der Waals surface area contributed by atoms with Gasteiger partial charge in [-0.15, -0.1) is 0 Å². The third-order valence-electron chi connectivity index (χ3n) is 8.69. The highest BCUT2D eigenvalue weighted by atomic mass is 35.5. The second-order valence-electron chi connectivity index (χ2n) is 10.9. The topological polar surface area (TPSA) is 170 Å². The van der Waals surface area contributed by atoms with Gasteiger partial charge in [0.25, 0.3) is 0 Å². The summed E-state index contributed by atoms with van der Waals surface area (Å²) >= 11 is 6.55.